The van der Waals surface area contributed by atoms with Gasteiger partial charge in [0.15, 0.2) is 0 Å². The van der Waals surface area contributed by atoms with Crippen molar-refractivity contribution in [3.05, 3.63) is 76.9 Å². The Labute approximate surface area is 150 Å². The fourth-order valence-electron chi connectivity index (χ4n) is 4.75. The van der Waals surface area contributed by atoms with Crippen molar-refractivity contribution in [3.63, 3.8) is 0 Å². The first-order chi connectivity index (χ1) is 12.1. The number of fused-ring (bicyclic) bond motifs is 4. The fourth-order valence-corrected chi connectivity index (χ4v) is 4.75. The molecule has 1 aliphatic carbocycles. The maximum absolute atomic E-state index is 10.1. The van der Waals surface area contributed by atoms with E-state index < -0.39 is 0 Å². The molecule has 0 radical (unpaired) electrons. The third-order valence-electron chi connectivity index (χ3n) is 6.05. The van der Waals surface area contributed by atoms with Crippen LogP contribution in [-0.4, -0.2) is 29.1 Å². The predicted octanol–water partition coefficient (Wildman–Crippen LogP) is 4.67. The van der Waals surface area contributed by atoms with Crippen molar-refractivity contribution >= 4 is 0 Å². The molecule has 2 unspecified atom stereocenters. The second-order valence-electron chi connectivity index (χ2n) is 7.88. The molecule has 2 nitrogen and oxygen atoms in total. The van der Waals surface area contributed by atoms with Crippen LogP contribution < -0.4 is 0 Å². The summed E-state index contributed by atoms with van der Waals surface area (Å²) in [7, 11) is 0. The van der Waals surface area contributed by atoms with Gasteiger partial charge in [-0.05, 0) is 68.5 Å². The summed E-state index contributed by atoms with van der Waals surface area (Å²) in [5.41, 5.74) is 5.57. The number of benzene rings is 2. The van der Waals surface area contributed by atoms with E-state index in [4.69, 9.17) is 0 Å². The minimum Gasteiger partial charge on any atom is -0.508 e. The van der Waals surface area contributed by atoms with Crippen LogP contribution in [0, 0.1) is 0 Å². The molecule has 25 heavy (non-hydrogen) atoms. The molecule has 1 saturated heterocycles. The molecule has 130 valence electrons. The molecular weight excluding hydrogens is 306 g/mol. The number of phenols is 1. The minimum atomic E-state index is 0.0414. The monoisotopic (exact) mass is 333 g/mol. The standard InChI is InChI=1S/C23H27NO/c1-17(2)10-12-24-13-11-23(19-6-4-3-5-7-19)16-20(24)14-18-8-9-21(25)15-22(18)23/h3-10,15,20,25H,11-14,16H2,1-2H3. The molecule has 0 spiro atoms. The maximum atomic E-state index is 10.1. The van der Waals surface area contributed by atoms with Gasteiger partial charge in [-0.15, -0.1) is 0 Å². The van der Waals surface area contributed by atoms with Crippen LogP contribution in [0.15, 0.2) is 60.2 Å². The zero-order valence-electron chi connectivity index (χ0n) is 15.2. The van der Waals surface area contributed by atoms with Gasteiger partial charge in [-0.25, -0.2) is 0 Å². The molecule has 2 heteroatoms. The van der Waals surface area contributed by atoms with Crippen LogP contribution in [0.4, 0.5) is 0 Å². The van der Waals surface area contributed by atoms with E-state index >= 15 is 0 Å². The van der Waals surface area contributed by atoms with Gasteiger partial charge in [0.05, 0.1) is 0 Å². The molecule has 1 aliphatic heterocycles. The average Bonchev–Trinajstić information content (AvgIpc) is 2.62. The van der Waals surface area contributed by atoms with Crippen molar-refractivity contribution in [3.8, 4) is 5.75 Å². The lowest BCUT2D eigenvalue weighted by Gasteiger charge is -2.51. The van der Waals surface area contributed by atoms with Gasteiger partial charge in [0.2, 0.25) is 0 Å². The Morgan fingerprint density at radius 1 is 1.20 bits per heavy atom. The maximum Gasteiger partial charge on any atom is 0.115 e. The van der Waals surface area contributed by atoms with Crippen molar-refractivity contribution in [2.24, 2.45) is 0 Å². The third kappa shape index (κ3) is 2.89. The zero-order valence-corrected chi connectivity index (χ0v) is 15.2. The number of allylic oxidation sites excluding steroid dienone is 1. The van der Waals surface area contributed by atoms with Gasteiger partial charge in [-0.3, -0.25) is 4.90 Å². The number of aromatic hydroxyl groups is 1. The SMILES string of the molecule is CC(C)=CCN1CCC2(c3ccccc3)CC1Cc1ccc(O)cc12. The summed E-state index contributed by atoms with van der Waals surface area (Å²) in [6, 6.07) is 17.5. The Morgan fingerprint density at radius 2 is 2.00 bits per heavy atom. The molecule has 2 aromatic carbocycles. The van der Waals surface area contributed by atoms with E-state index in [2.05, 4.69) is 61.2 Å². The summed E-state index contributed by atoms with van der Waals surface area (Å²) >= 11 is 0. The number of piperidine rings is 1. The topological polar surface area (TPSA) is 23.5 Å². The number of rotatable bonds is 3. The fraction of sp³-hybridized carbons (Fsp3) is 0.391. The summed E-state index contributed by atoms with van der Waals surface area (Å²) < 4.78 is 0. The Balaban J connectivity index is 1.78. The molecule has 1 fully saturated rings. The van der Waals surface area contributed by atoms with E-state index in [-0.39, 0.29) is 5.41 Å². The second-order valence-corrected chi connectivity index (χ2v) is 7.88. The summed E-state index contributed by atoms with van der Waals surface area (Å²) in [6.45, 7) is 6.51. The summed E-state index contributed by atoms with van der Waals surface area (Å²) in [6.07, 6.45) is 5.69. The number of hydrogen-bond donors (Lipinski definition) is 1. The lowest BCUT2D eigenvalue weighted by atomic mass is 9.60. The molecule has 2 bridgehead atoms. The van der Waals surface area contributed by atoms with Crippen LogP contribution in [-0.2, 0) is 11.8 Å². The van der Waals surface area contributed by atoms with E-state index in [0.717, 1.165) is 32.4 Å². The molecule has 2 aliphatic rings. The highest BCUT2D eigenvalue weighted by molar-refractivity contribution is 5.50. The summed E-state index contributed by atoms with van der Waals surface area (Å²) in [4.78, 5) is 2.64. The summed E-state index contributed by atoms with van der Waals surface area (Å²) in [5.74, 6) is 0.388. The van der Waals surface area contributed by atoms with Crippen LogP contribution in [0.3, 0.4) is 0 Å². The Kier molecular flexibility index (Phi) is 4.16. The Morgan fingerprint density at radius 3 is 2.76 bits per heavy atom. The lowest BCUT2D eigenvalue weighted by molar-refractivity contribution is 0.108. The highest BCUT2D eigenvalue weighted by Gasteiger charge is 2.46. The van der Waals surface area contributed by atoms with Gasteiger partial charge in [0.1, 0.15) is 5.75 Å². The molecule has 0 saturated carbocycles. The van der Waals surface area contributed by atoms with Gasteiger partial charge in [-0.1, -0.05) is 48.0 Å². The Bertz CT molecular complexity index is 791. The van der Waals surface area contributed by atoms with E-state index in [1.807, 2.05) is 12.1 Å². The van der Waals surface area contributed by atoms with E-state index in [0.29, 0.717) is 11.8 Å². The van der Waals surface area contributed by atoms with Crippen LogP contribution in [0.25, 0.3) is 0 Å². The number of hydrogen-bond acceptors (Lipinski definition) is 2. The van der Waals surface area contributed by atoms with Crippen LogP contribution in [0.2, 0.25) is 0 Å². The predicted molar refractivity (Wildman–Crippen MR) is 103 cm³/mol. The van der Waals surface area contributed by atoms with Gasteiger partial charge < -0.3 is 5.11 Å². The molecule has 0 aromatic heterocycles. The largest absolute Gasteiger partial charge is 0.508 e. The highest BCUT2D eigenvalue weighted by atomic mass is 16.3. The summed E-state index contributed by atoms with van der Waals surface area (Å²) in [5, 5.41) is 10.1. The van der Waals surface area contributed by atoms with Crippen LogP contribution in [0.5, 0.6) is 5.75 Å². The van der Waals surface area contributed by atoms with Gasteiger partial charge in [0, 0.05) is 18.0 Å². The molecule has 1 heterocycles. The first-order valence-electron chi connectivity index (χ1n) is 9.34. The second kappa shape index (κ2) is 6.34. The average molecular weight is 333 g/mol. The van der Waals surface area contributed by atoms with Crippen molar-refractivity contribution in [1.82, 2.24) is 4.90 Å². The van der Waals surface area contributed by atoms with Gasteiger partial charge >= 0.3 is 0 Å². The minimum absolute atomic E-state index is 0.0414. The lowest BCUT2D eigenvalue weighted by Crippen LogP contribution is -2.53. The molecule has 2 atom stereocenters. The van der Waals surface area contributed by atoms with Crippen LogP contribution >= 0.6 is 0 Å². The van der Waals surface area contributed by atoms with Crippen molar-refractivity contribution in [2.75, 3.05) is 13.1 Å². The molecule has 2 aromatic rings. The van der Waals surface area contributed by atoms with Crippen molar-refractivity contribution in [1.29, 1.82) is 0 Å². The van der Waals surface area contributed by atoms with Crippen molar-refractivity contribution < 1.29 is 5.11 Å². The quantitative estimate of drug-likeness (QED) is 0.826. The normalized spacial score (nSPS) is 25.3. The number of phenolic OH excluding ortho intramolecular Hbond substituents is 1. The third-order valence-corrected chi connectivity index (χ3v) is 6.05. The number of likely N-dealkylation sites (tertiary alicyclic amines) is 1. The van der Waals surface area contributed by atoms with Gasteiger partial charge in [0.25, 0.3) is 0 Å². The van der Waals surface area contributed by atoms with E-state index in [1.165, 1.54) is 22.3 Å². The van der Waals surface area contributed by atoms with E-state index in [1.54, 1.807) is 0 Å². The molecule has 0 amide bonds. The first-order valence-corrected chi connectivity index (χ1v) is 9.34. The molecule has 4 rings (SSSR count). The van der Waals surface area contributed by atoms with Gasteiger partial charge in [-0.2, -0.15) is 0 Å². The number of nitrogens with zero attached hydrogens (tertiary/aromatic N) is 1. The van der Waals surface area contributed by atoms with Crippen molar-refractivity contribution in [2.45, 2.75) is 44.6 Å². The first kappa shape index (κ1) is 16.4. The highest BCUT2D eigenvalue weighted by Crippen LogP contribution is 2.49. The smallest absolute Gasteiger partial charge is 0.115 e. The Hall–Kier alpha value is -2.06. The zero-order chi connectivity index (χ0) is 17.4. The molecular formula is C23H27NO. The molecule has 1 N–H and O–H groups in total. The van der Waals surface area contributed by atoms with E-state index in [9.17, 15) is 5.11 Å². The van der Waals surface area contributed by atoms with Crippen LogP contribution in [0.1, 0.15) is 43.4 Å².